The number of amides is 3. The van der Waals surface area contributed by atoms with Gasteiger partial charge in [-0.3, -0.25) is 14.4 Å². The fourth-order valence-electron chi connectivity index (χ4n) is 3.05. The molecule has 31 heavy (non-hydrogen) atoms. The van der Waals surface area contributed by atoms with E-state index in [1.165, 1.54) is 11.8 Å². The van der Waals surface area contributed by atoms with Gasteiger partial charge in [0, 0.05) is 18.0 Å². The molecular formula is C21H20F3N3O3S. The second kappa shape index (κ2) is 10.3. The van der Waals surface area contributed by atoms with Crippen LogP contribution in [0.4, 0.5) is 18.9 Å². The van der Waals surface area contributed by atoms with Gasteiger partial charge in [0.25, 0.3) is 5.91 Å². The molecule has 2 N–H and O–H groups in total. The summed E-state index contributed by atoms with van der Waals surface area (Å²) in [6.45, 7) is 0.980. The number of rotatable bonds is 7. The lowest BCUT2D eigenvalue weighted by molar-refractivity contribution is -0.127. The van der Waals surface area contributed by atoms with Gasteiger partial charge in [0.1, 0.15) is 0 Å². The Morgan fingerprint density at radius 1 is 0.968 bits per heavy atom. The minimum atomic E-state index is -1.70. The first-order valence-electron chi connectivity index (χ1n) is 9.58. The summed E-state index contributed by atoms with van der Waals surface area (Å²) in [6, 6.07) is 8.22. The minimum absolute atomic E-state index is 0.00523. The van der Waals surface area contributed by atoms with Crippen LogP contribution in [-0.2, 0) is 9.59 Å². The number of anilines is 1. The van der Waals surface area contributed by atoms with Crippen LogP contribution in [0.5, 0.6) is 0 Å². The van der Waals surface area contributed by atoms with Gasteiger partial charge in [-0.1, -0.05) is 12.1 Å². The second-order valence-corrected chi connectivity index (χ2v) is 7.84. The summed E-state index contributed by atoms with van der Waals surface area (Å²) < 4.78 is 39.9. The topological polar surface area (TPSA) is 78.5 Å². The molecular weight excluding hydrogens is 431 g/mol. The smallest absolute Gasteiger partial charge is 0.252 e. The van der Waals surface area contributed by atoms with Gasteiger partial charge in [-0.05, 0) is 37.1 Å². The number of likely N-dealkylation sites (tertiary alicyclic amines) is 1. The molecule has 1 saturated heterocycles. The largest absolute Gasteiger partial charge is 0.343 e. The van der Waals surface area contributed by atoms with E-state index in [2.05, 4.69) is 10.6 Å². The van der Waals surface area contributed by atoms with Crippen LogP contribution in [0.1, 0.15) is 23.2 Å². The first-order chi connectivity index (χ1) is 14.9. The van der Waals surface area contributed by atoms with Crippen molar-refractivity contribution >= 4 is 35.2 Å². The van der Waals surface area contributed by atoms with Crippen molar-refractivity contribution in [1.29, 1.82) is 0 Å². The summed E-state index contributed by atoms with van der Waals surface area (Å²) in [6.07, 6.45) is 1.98. The van der Waals surface area contributed by atoms with Crippen LogP contribution >= 0.6 is 11.8 Å². The molecule has 0 bridgehead atoms. The summed E-state index contributed by atoms with van der Waals surface area (Å²) in [7, 11) is 0. The zero-order valence-electron chi connectivity index (χ0n) is 16.4. The molecule has 0 atom stereocenters. The quantitative estimate of drug-likeness (QED) is 0.501. The molecule has 1 heterocycles. The Balaban J connectivity index is 1.56. The standard InChI is InChI=1S/C21H20F3N3O3S/c22-14-7-8-15(20(24)19(14)23)26-17(28)11-25-21(30)13-5-1-2-6-16(13)31-12-18(29)27-9-3-4-10-27/h1-2,5-8H,3-4,9-12H2,(H,25,30)(H,26,28). The van der Waals surface area contributed by atoms with Gasteiger partial charge >= 0.3 is 0 Å². The highest BCUT2D eigenvalue weighted by Crippen LogP contribution is 2.24. The van der Waals surface area contributed by atoms with Crippen molar-refractivity contribution in [2.45, 2.75) is 17.7 Å². The third-order valence-electron chi connectivity index (χ3n) is 4.66. The molecule has 0 unspecified atom stereocenters. The van der Waals surface area contributed by atoms with Gasteiger partial charge in [0.2, 0.25) is 11.8 Å². The van der Waals surface area contributed by atoms with Crippen LogP contribution < -0.4 is 10.6 Å². The van der Waals surface area contributed by atoms with Gasteiger partial charge in [-0.25, -0.2) is 13.2 Å². The molecule has 2 aromatic rings. The first kappa shape index (κ1) is 22.7. The van der Waals surface area contributed by atoms with Crippen molar-refractivity contribution in [2.75, 3.05) is 30.7 Å². The van der Waals surface area contributed by atoms with Crippen molar-refractivity contribution in [1.82, 2.24) is 10.2 Å². The summed E-state index contributed by atoms with van der Waals surface area (Å²) in [4.78, 5) is 39.1. The Hall–Kier alpha value is -3.01. The maximum atomic E-state index is 13.7. The number of nitrogens with zero attached hydrogens (tertiary/aromatic N) is 1. The maximum Gasteiger partial charge on any atom is 0.252 e. The predicted octanol–water partition coefficient (Wildman–Crippen LogP) is 3.19. The number of hydrogen-bond donors (Lipinski definition) is 2. The number of carbonyl (C=O) groups excluding carboxylic acids is 3. The Labute approximate surface area is 181 Å². The van der Waals surface area contributed by atoms with Crippen molar-refractivity contribution in [3.63, 3.8) is 0 Å². The molecule has 164 valence electrons. The van der Waals surface area contributed by atoms with Gasteiger partial charge < -0.3 is 15.5 Å². The minimum Gasteiger partial charge on any atom is -0.343 e. The number of carbonyl (C=O) groups is 3. The summed E-state index contributed by atoms with van der Waals surface area (Å²) in [5, 5.41) is 4.48. The highest BCUT2D eigenvalue weighted by molar-refractivity contribution is 8.00. The lowest BCUT2D eigenvalue weighted by Gasteiger charge is -2.15. The number of benzene rings is 2. The lowest BCUT2D eigenvalue weighted by Crippen LogP contribution is -2.33. The maximum absolute atomic E-state index is 13.7. The van der Waals surface area contributed by atoms with E-state index in [1.54, 1.807) is 29.2 Å². The van der Waals surface area contributed by atoms with Crippen molar-refractivity contribution in [3.8, 4) is 0 Å². The van der Waals surface area contributed by atoms with Gasteiger partial charge in [-0.2, -0.15) is 0 Å². The van der Waals surface area contributed by atoms with Crippen LogP contribution in [0.3, 0.4) is 0 Å². The number of nitrogens with one attached hydrogen (secondary N) is 2. The Kier molecular flexibility index (Phi) is 7.56. The highest BCUT2D eigenvalue weighted by atomic mass is 32.2. The highest BCUT2D eigenvalue weighted by Gasteiger charge is 2.20. The number of halogens is 3. The van der Waals surface area contributed by atoms with E-state index in [4.69, 9.17) is 0 Å². The number of thioether (sulfide) groups is 1. The van der Waals surface area contributed by atoms with E-state index in [1.807, 2.05) is 0 Å². The van der Waals surface area contributed by atoms with Crippen molar-refractivity contribution < 1.29 is 27.6 Å². The van der Waals surface area contributed by atoms with E-state index >= 15 is 0 Å². The van der Waals surface area contributed by atoms with Gasteiger partial charge in [-0.15, -0.1) is 11.8 Å². The van der Waals surface area contributed by atoms with Crippen LogP contribution in [-0.4, -0.2) is 48.0 Å². The van der Waals surface area contributed by atoms with Gasteiger partial charge in [0.05, 0.1) is 23.5 Å². The Morgan fingerprint density at radius 2 is 1.68 bits per heavy atom. The fraction of sp³-hybridized carbons (Fsp3) is 0.286. The van der Waals surface area contributed by atoms with Crippen LogP contribution in [0.25, 0.3) is 0 Å². The third-order valence-corrected chi connectivity index (χ3v) is 5.72. The summed E-state index contributed by atoms with van der Waals surface area (Å²) in [5.41, 5.74) is -0.247. The zero-order chi connectivity index (χ0) is 22.4. The van der Waals surface area contributed by atoms with Crippen LogP contribution in [0, 0.1) is 17.5 Å². The molecule has 0 spiro atoms. The normalized spacial score (nSPS) is 13.2. The molecule has 3 rings (SSSR count). The molecule has 0 aromatic heterocycles. The molecule has 0 aliphatic carbocycles. The molecule has 0 radical (unpaired) electrons. The SMILES string of the molecule is O=C(CNC(=O)c1ccccc1SCC(=O)N1CCCC1)Nc1ccc(F)c(F)c1F. The summed E-state index contributed by atoms with van der Waals surface area (Å²) in [5.74, 6) is -5.77. The van der Waals surface area contributed by atoms with Crippen molar-refractivity contribution in [3.05, 3.63) is 59.4 Å². The van der Waals surface area contributed by atoms with Crippen LogP contribution in [0.2, 0.25) is 0 Å². The van der Waals surface area contributed by atoms with E-state index in [-0.39, 0.29) is 17.2 Å². The monoisotopic (exact) mass is 451 g/mol. The molecule has 1 aliphatic rings. The first-order valence-corrected chi connectivity index (χ1v) is 10.6. The molecule has 0 saturated carbocycles. The van der Waals surface area contributed by atoms with E-state index in [9.17, 15) is 27.6 Å². The molecule has 10 heteroatoms. The lowest BCUT2D eigenvalue weighted by atomic mass is 10.2. The van der Waals surface area contributed by atoms with Crippen LogP contribution in [0.15, 0.2) is 41.3 Å². The molecule has 3 amide bonds. The zero-order valence-corrected chi connectivity index (χ0v) is 17.2. The third kappa shape index (κ3) is 5.78. The molecule has 1 aliphatic heterocycles. The Morgan fingerprint density at radius 3 is 2.42 bits per heavy atom. The van der Waals surface area contributed by atoms with E-state index < -0.39 is 41.5 Å². The predicted molar refractivity (Wildman–Crippen MR) is 110 cm³/mol. The fourth-order valence-corrected chi connectivity index (χ4v) is 4.00. The molecule has 2 aromatic carbocycles. The second-order valence-electron chi connectivity index (χ2n) is 6.83. The van der Waals surface area contributed by atoms with E-state index in [0.717, 1.165) is 32.0 Å². The molecule has 1 fully saturated rings. The van der Waals surface area contributed by atoms with Gasteiger partial charge in [0.15, 0.2) is 17.5 Å². The molecule has 6 nitrogen and oxygen atoms in total. The summed E-state index contributed by atoms with van der Waals surface area (Å²) >= 11 is 1.23. The van der Waals surface area contributed by atoms with E-state index in [0.29, 0.717) is 11.0 Å². The number of hydrogen-bond acceptors (Lipinski definition) is 4. The average Bonchev–Trinajstić information content (AvgIpc) is 3.31. The Bertz CT molecular complexity index is 997. The average molecular weight is 451 g/mol. The van der Waals surface area contributed by atoms with Crippen molar-refractivity contribution in [2.24, 2.45) is 0 Å².